The summed E-state index contributed by atoms with van der Waals surface area (Å²) in [5.74, 6) is 0.0574. The Bertz CT molecular complexity index is 586. The minimum absolute atomic E-state index is 0.0938. The Hall–Kier alpha value is -1.59. The first-order valence-electron chi connectivity index (χ1n) is 8.67. The molecule has 1 atom stereocenters. The Balaban J connectivity index is 1.88. The number of hydrogen-bond acceptors (Lipinski definition) is 2. The van der Waals surface area contributed by atoms with Gasteiger partial charge in [-0.1, -0.05) is 17.7 Å². The van der Waals surface area contributed by atoms with Crippen molar-refractivity contribution in [2.75, 3.05) is 38.0 Å². The smallest absolute Gasteiger partial charge is 0.279 e. The topological polar surface area (TPSA) is 53.9 Å². The number of carbonyl (C=O) groups is 2. The van der Waals surface area contributed by atoms with Crippen LogP contribution in [0.5, 0.6) is 0 Å². The minimum Gasteiger partial charge on any atom is -0.338 e. The van der Waals surface area contributed by atoms with Gasteiger partial charge >= 0.3 is 0 Å². The lowest BCUT2D eigenvalue weighted by atomic mass is 10.1. The van der Waals surface area contributed by atoms with Gasteiger partial charge in [-0.3, -0.25) is 9.59 Å². The Morgan fingerprint density at radius 1 is 1.21 bits per heavy atom. The van der Waals surface area contributed by atoms with Gasteiger partial charge in [-0.15, -0.1) is 0 Å². The molecule has 5 nitrogen and oxygen atoms in total. The van der Waals surface area contributed by atoms with Gasteiger partial charge in [0.25, 0.3) is 11.8 Å². The SMILES string of the molecule is CC[NH+](CC(=O)Nc1cc(Cl)ccc1C)CC(=O)N1CCCCC1. The molecule has 24 heavy (non-hydrogen) atoms. The second kappa shape index (κ2) is 9.04. The van der Waals surface area contributed by atoms with Gasteiger partial charge in [0.1, 0.15) is 0 Å². The maximum Gasteiger partial charge on any atom is 0.279 e. The van der Waals surface area contributed by atoms with Gasteiger partial charge in [0.2, 0.25) is 0 Å². The van der Waals surface area contributed by atoms with E-state index in [4.69, 9.17) is 11.6 Å². The number of halogens is 1. The highest BCUT2D eigenvalue weighted by molar-refractivity contribution is 6.31. The van der Waals surface area contributed by atoms with Crippen molar-refractivity contribution in [3.05, 3.63) is 28.8 Å². The number of likely N-dealkylation sites (tertiary alicyclic amines) is 1. The van der Waals surface area contributed by atoms with Crippen molar-refractivity contribution in [1.82, 2.24) is 4.90 Å². The van der Waals surface area contributed by atoms with E-state index >= 15 is 0 Å². The third-order valence-electron chi connectivity index (χ3n) is 4.49. The van der Waals surface area contributed by atoms with Crippen LogP contribution in [0.25, 0.3) is 0 Å². The molecule has 0 bridgehead atoms. The molecular formula is C18H27ClN3O2+. The highest BCUT2D eigenvalue weighted by Gasteiger charge is 2.22. The van der Waals surface area contributed by atoms with Crippen LogP contribution in [-0.2, 0) is 9.59 Å². The zero-order valence-corrected chi connectivity index (χ0v) is 15.3. The van der Waals surface area contributed by atoms with E-state index < -0.39 is 0 Å². The van der Waals surface area contributed by atoms with Crippen molar-refractivity contribution >= 4 is 29.1 Å². The summed E-state index contributed by atoms with van der Waals surface area (Å²) in [6.45, 7) is 7.02. The maximum atomic E-state index is 12.4. The Labute approximate surface area is 149 Å². The van der Waals surface area contributed by atoms with Crippen molar-refractivity contribution in [3.8, 4) is 0 Å². The fourth-order valence-electron chi connectivity index (χ4n) is 2.93. The second-order valence-corrected chi connectivity index (χ2v) is 6.84. The van der Waals surface area contributed by atoms with Crippen LogP contribution in [0.15, 0.2) is 18.2 Å². The number of hydrogen-bond donors (Lipinski definition) is 2. The highest BCUT2D eigenvalue weighted by atomic mass is 35.5. The summed E-state index contributed by atoms with van der Waals surface area (Å²) in [6, 6.07) is 5.43. The molecule has 0 spiro atoms. The largest absolute Gasteiger partial charge is 0.338 e. The van der Waals surface area contributed by atoms with Crippen LogP contribution >= 0.6 is 11.6 Å². The van der Waals surface area contributed by atoms with Crippen molar-refractivity contribution < 1.29 is 14.5 Å². The molecular weight excluding hydrogens is 326 g/mol. The Morgan fingerprint density at radius 2 is 1.92 bits per heavy atom. The van der Waals surface area contributed by atoms with Gasteiger partial charge in [0.15, 0.2) is 13.1 Å². The molecule has 0 radical (unpaired) electrons. The van der Waals surface area contributed by atoms with E-state index in [0.717, 1.165) is 48.6 Å². The lowest BCUT2D eigenvalue weighted by Crippen LogP contribution is -3.14. The molecule has 1 aromatic rings. The molecule has 6 heteroatoms. The van der Waals surface area contributed by atoms with E-state index in [1.807, 2.05) is 24.8 Å². The normalized spacial score (nSPS) is 15.9. The van der Waals surface area contributed by atoms with Gasteiger partial charge in [0, 0.05) is 23.8 Å². The van der Waals surface area contributed by atoms with Crippen molar-refractivity contribution in [3.63, 3.8) is 0 Å². The van der Waals surface area contributed by atoms with Gasteiger partial charge in [-0.25, -0.2) is 0 Å². The fraction of sp³-hybridized carbons (Fsp3) is 0.556. The van der Waals surface area contributed by atoms with Crippen LogP contribution < -0.4 is 10.2 Å². The zero-order valence-electron chi connectivity index (χ0n) is 14.5. The Kier molecular flexibility index (Phi) is 7.06. The highest BCUT2D eigenvalue weighted by Crippen LogP contribution is 2.19. The summed E-state index contributed by atoms with van der Waals surface area (Å²) >= 11 is 5.98. The second-order valence-electron chi connectivity index (χ2n) is 6.41. The number of benzene rings is 1. The molecule has 1 unspecified atom stereocenters. The summed E-state index contributed by atoms with van der Waals surface area (Å²) in [4.78, 5) is 27.6. The molecule has 1 aliphatic rings. The molecule has 1 heterocycles. The van der Waals surface area contributed by atoms with Crippen LogP contribution in [0.1, 0.15) is 31.7 Å². The number of anilines is 1. The lowest BCUT2D eigenvalue weighted by Gasteiger charge is -2.28. The summed E-state index contributed by atoms with van der Waals surface area (Å²) in [6.07, 6.45) is 3.37. The number of carbonyl (C=O) groups excluding carboxylic acids is 2. The van der Waals surface area contributed by atoms with Crippen LogP contribution in [0, 0.1) is 6.92 Å². The molecule has 132 valence electrons. The summed E-state index contributed by atoms with van der Waals surface area (Å²) in [5, 5.41) is 3.49. The predicted molar refractivity (Wildman–Crippen MR) is 96.5 cm³/mol. The number of aryl methyl sites for hydroxylation is 1. The van der Waals surface area contributed by atoms with E-state index in [1.165, 1.54) is 6.42 Å². The first-order chi connectivity index (χ1) is 11.5. The first-order valence-corrected chi connectivity index (χ1v) is 9.04. The van der Waals surface area contributed by atoms with Crippen LogP contribution in [0.4, 0.5) is 5.69 Å². The molecule has 0 aliphatic carbocycles. The van der Waals surface area contributed by atoms with E-state index in [0.29, 0.717) is 11.6 Å². The monoisotopic (exact) mass is 352 g/mol. The molecule has 1 fully saturated rings. The van der Waals surface area contributed by atoms with Gasteiger partial charge in [0.05, 0.1) is 6.54 Å². The summed E-state index contributed by atoms with van der Waals surface area (Å²) < 4.78 is 0. The predicted octanol–water partition coefficient (Wildman–Crippen LogP) is 1.50. The molecule has 0 saturated carbocycles. The van der Waals surface area contributed by atoms with Crippen LogP contribution in [-0.4, -0.2) is 49.4 Å². The number of piperidine rings is 1. The van der Waals surface area contributed by atoms with E-state index in [2.05, 4.69) is 5.32 Å². The lowest BCUT2D eigenvalue weighted by molar-refractivity contribution is -0.882. The minimum atomic E-state index is -0.0938. The maximum absolute atomic E-state index is 12.4. The van der Waals surface area contributed by atoms with E-state index in [9.17, 15) is 9.59 Å². The van der Waals surface area contributed by atoms with Crippen LogP contribution in [0.3, 0.4) is 0 Å². The number of nitrogens with zero attached hydrogens (tertiary/aromatic N) is 1. The van der Waals surface area contributed by atoms with Gasteiger partial charge < -0.3 is 15.1 Å². The average Bonchev–Trinajstić information content (AvgIpc) is 2.58. The van der Waals surface area contributed by atoms with Crippen molar-refractivity contribution in [2.24, 2.45) is 0 Å². The number of amides is 2. The molecule has 2 amide bonds. The molecule has 1 saturated heterocycles. The number of rotatable bonds is 6. The van der Waals surface area contributed by atoms with E-state index in [-0.39, 0.29) is 18.4 Å². The quantitative estimate of drug-likeness (QED) is 0.815. The first kappa shape index (κ1) is 18.7. The van der Waals surface area contributed by atoms with Gasteiger partial charge in [-0.2, -0.15) is 0 Å². The molecule has 1 aromatic carbocycles. The molecule has 2 rings (SSSR count). The molecule has 1 aliphatic heterocycles. The third kappa shape index (κ3) is 5.49. The standard InChI is InChI=1S/C18H26ClN3O2/c1-3-21(13-18(24)22-9-5-4-6-10-22)12-17(23)20-16-11-15(19)8-7-14(16)2/h7-8,11H,3-6,9-10,12-13H2,1-2H3,(H,20,23)/p+1. The molecule has 0 aromatic heterocycles. The fourth-order valence-corrected chi connectivity index (χ4v) is 3.10. The Morgan fingerprint density at radius 3 is 2.58 bits per heavy atom. The zero-order chi connectivity index (χ0) is 17.5. The van der Waals surface area contributed by atoms with Crippen molar-refractivity contribution in [2.45, 2.75) is 33.1 Å². The average molecular weight is 353 g/mol. The van der Waals surface area contributed by atoms with Crippen molar-refractivity contribution in [1.29, 1.82) is 0 Å². The number of nitrogens with one attached hydrogen (secondary N) is 2. The summed E-state index contributed by atoms with van der Waals surface area (Å²) in [5.41, 5.74) is 1.69. The van der Waals surface area contributed by atoms with Crippen LogP contribution in [0.2, 0.25) is 5.02 Å². The third-order valence-corrected chi connectivity index (χ3v) is 4.73. The number of likely N-dealkylation sites (N-methyl/N-ethyl adjacent to an activating group) is 1. The van der Waals surface area contributed by atoms with Gasteiger partial charge in [-0.05, 0) is 50.8 Å². The number of quaternary nitrogens is 1. The molecule has 2 N–H and O–H groups in total. The van der Waals surface area contributed by atoms with E-state index in [1.54, 1.807) is 12.1 Å². The summed E-state index contributed by atoms with van der Waals surface area (Å²) in [7, 11) is 0.